The first kappa shape index (κ1) is 11.8. The van der Waals surface area contributed by atoms with Crippen LogP contribution in [0.5, 0.6) is 0 Å². The first-order chi connectivity index (χ1) is 6.61. The van der Waals surface area contributed by atoms with E-state index in [2.05, 4.69) is 0 Å². The van der Waals surface area contributed by atoms with Crippen LogP contribution in [-0.2, 0) is 9.47 Å². The van der Waals surface area contributed by atoms with Crippen molar-refractivity contribution in [2.24, 2.45) is 0 Å². The zero-order valence-corrected chi connectivity index (χ0v) is 7.84. The summed E-state index contributed by atoms with van der Waals surface area (Å²) in [6, 6.07) is 0. The monoisotopic (exact) mass is 210 g/mol. The van der Waals surface area contributed by atoms with Crippen LogP contribution in [-0.4, -0.2) is 59.3 Å². The van der Waals surface area contributed by atoms with Gasteiger partial charge in [0, 0.05) is 6.61 Å². The van der Waals surface area contributed by atoms with Crippen molar-refractivity contribution in [2.45, 2.75) is 37.7 Å². The van der Waals surface area contributed by atoms with Crippen molar-refractivity contribution < 1.29 is 29.2 Å². The van der Waals surface area contributed by atoms with E-state index in [4.69, 9.17) is 14.6 Å². The molecule has 0 bridgehead atoms. The molecule has 6 heteroatoms. The van der Waals surface area contributed by atoms with Gasteiger partial charge in [0.1, 0.15) is 18.3 Å². The quantitative estimate of drug-likeness (QED) is 0.545. The van der Waals surface area contributed by atoms with E-state index in [1.165, 1.54) is 0 Å². The standard InChI is InChI=1S/C8H15FO5/c1-2-13-8-5(9)7(12)6(11)4(3-10)14-8/h4-8,10-12H,2-3H2,1H3/t4-,5-,6-,7-,8-/m1/s1. The molecule has 1 aliphatic heterocycles. The van der Waals surface area contributed by atoms with Crippen molar-refractivity contribution in [2.75, 3.05) is 13.2 Å². The third-order valence-electron chi connectivity index (χ3n) is 2.14. The second kappa shape index (κ2) is 4.99. The maximum atomic E-state index is 13.2. The normalized spacial score (nSPS) is 43.9. The largest absolute Gasteiger partial charge is 0.394 e. The molecule has 5 nitrogen and oxygen atoms in total. The van der Waals surface area contributed by atoms with Gasteiger partial charge in [-0.3, -0.25) is 0 Å². The van der Waals surface area contributed by atoms with Gasteiger partial charge in [-0.05, 0) is 6.92 Å². The zero-order valence-electron chi connectivity index (χ0n) is 7.84. The summed E-state index contributed by atoms with van der Waals surface area (Å²) in [6.45, 7) is 1.39. The second-order valence-electron chi connectivity index (χ2n) is 3.11. The van der Waals surface area contributed by atoms with Gasteiger partial charge in [-0.1, -0.05) is 0 Å². The van der Waals surface area contributed by atoms with Gasteiger partial charge in [0.15, 0.2) is 12.5 Å². The van der Waals surface area contributed by atoms with Crippen LogP contribution in [0.4, 0.5) is 4.39 Å². The van der Waals surface area contributed by atoms with Gasteiger partial charge in [-0.15, -0.1) is 0 Å². The molecule has 0 aliphatic carbocycles. The fourth-order valence-electron chi connectivity index (χ4n) is 1.34. The van der Waals surface area contributed by atoms with Crippen LogP contribution in [0.15, 0.2) is 0 Å². The highest BCUT2D eigenvalue weighted by molar-refractivity contribution is 4.89. The van der Waals surface area contributed by atoms with E-state index in [1.54, 1.807) is 6.92 Å². The Balaban J connectivity index is 2.63. The van der Waals surface area contributed by atoms with E-state index in [0.29, 0.717) is 0 Å². The molecule has 0 aromatic rings. The molecule has 1 saturated heterocycles. The Morgan fingerprint density at radius 1 is 1.36 bits per heavy atom. The number of hydrogen-bond donors (Lipinski definition) is 3. The number of rotatable bonds is 3. The lowest BCUT2D eigenvalue weighted by Crippen LogP contribution is -2.57. The number of aliphatic hydroxyl groups excluding tert-OH is 3. The van der Waals surface area contributed by atoms with Gasteiger partial charge in [0.2, 0.25) is 0 Å². The summed E-state index contributed by atoms with van der Waals surface area (Å²) in [6.07, 6.45) is -7.04. The van der Waals surface area contributed by atoms with Crippen LogP contribution in [0.2, 0.25) is 0 Å². The smallest absolute Gasteiger partial charge is 0.191 e. The Hall–Kier alpha value is -0.270. The summed E-state index contributed by atoms with van der Waals surface area (Å²) in [7, 11) is 0. The highest BCUT2D eigenvalue weighted by atomic mass is 19.1. The summed E-state index contributed by atoms with van der Waals surface area (Å²) in [5.74, 6) is 0. The molecule has 0 aromatic carbocycles. The van der Waals surface area contributed by atoms with E-state index in [1.807, 2.05) is 0 Å². The lowest BCUT2D eigenvalue weighted by atomic mass is 10.0. The fraction of sp³-hybridized carbons (Fsp3) is 1.00. The third kappa shape index (κ3) is 2.21. The molecule has 0 saturated carbocycles. The van der Waals surface area contributed by atoms with Crippen molar-refractivity contribution >= 4 is 0 Å². The van der Waals surface area contributed by atoms with Crippen molar-refractivity contribution in [1.82, 2.24) is 0 Å². The lowest BCUT2D eigenvalue weighted by molar-refractivity contribution is -0.285. The molecule has 1 fully saturated rings. The maximum Gasteiger partial charge on any atom is 0.191 e. The first-order valence-electron chi connectivity index (χ1n) is 4.50. The van der Waals surface area contributed by atoms with Crippen LogP contribution in [0, 0.1) is 0 Å². The third-order valence-corrected chi connectivity index (χ3v) is 2.14. The highest BCUT2D eigenvalue weighted by Crippen LogP contribution is 2.23. The number of aliphatic hydroxyl groups is 3. The Labute approximate surface area is 81.1 Å². The number of hydrogen-bond acceptors (Lipinski definition) is 5. The molecule has 5 atom stereocenters. The molecule has 1 rings (SSSR count). The average Bonchev–Trinajstić information content (AvgIpc) is 2.19. The molecule has 0 unspecified atom stereocenters. The molecule has 0 spiro atoms. The van der Waals surface area contributed by atoms with Gasteiger partial charge >= 0.3 is 0 Å². The highest BCUT2D eigenvalue weighted by Gasteiger charge is 2.45. The van der Waals surface area contributed by atoms with Crippen LogP contribution < -0.4 is 0 Å². The fourth-order valence-corrected chi connectivity index (χ4v) is 1.34. The molecule has 14 heavy (non-hydrogen) atoms. The minimum atomic E-state index is -1.80. The van der Waals surface area contributed by atoms with Gasteiger partial charge in [-0.25, -0.2) is 4.39 Å². The van der Waals surface area contributed by atoms with Crippen LogP contribution in [0.1, 0.15) is 6.92 Å². The zero-order chi connectivity index (χ0) is 10.7. The van der Waals surface area contributed by atoms with Crippen LogP contribution in [0.3, 0.4) is 0 Å². The molecule has 0 aromatic heterocycles. The van der Waals surface area contributed by atoms with Gasteiger partial charge < -0.3 is 24.8 Å². The SMILES string of the molecule is CCO[C@@H]1O[C@H](CO)[C@@H](O)[C@H](O)[C@H]1F. The predicted molar refractivity (Wildman–Crippen MR) is 44.3 cm³/mol. The number of ether oxygens (including phenoxy) is 2. The summed E-state index contributed by atoms with van der Waals surface area (Å²) < 4.78 is 23.0. The van der Waals surface area contributed by atoms with E-state index in [0.717, 1.165) is 0 Å². The first-order valence-corrected chi connectivity index (χ1v) is 4.50. The average molecular weight is 210 g/mol. The molecule has 1 heterocycles. The van der Waals surface area contributed by atoms with Crippen molar-refractivity contribution in [3.63, 3.8) is 0 Å². The topological polar surface area (TPSA) is 79.2 Å². The van der Waals surface area contributed by atoms with Crippen molar-refractivity contribution in [3.8, 4) is 0 Å². The Morgan fingerprint density at radius 2 is 2.00 bits per heavy atom. The molecule has 1 aliphatic rings. The van der Waals surface area contributed by atoms with Crippen LogP contribution >= 0.6 is 0 Å². The van der Waals surface area contributed by atoms with Gasteiger partial charge in [0.05, 0.1) is 6.61 Å². The summed E-state index contributed by atoms with van der Waals surface area (Å²) in [5.41, 5.74) is 0. The summed E-state index contributed by atoms with van der Waals surface area (Å²) in [4.78, 5) is 0. The molecular weight excluding hydrogens is 195 g/mol. The van der Waals surface area contributed by atoms with E-state index >= 15 is 0 Å². The van der Waals surface area contributed by atoms with E-state index < -0.39 is 37.4 Å². The van der Waals surface area contributed by atoms with Gasteiger partial charge in [0.25, 0.3) is 0 Å². The van der Waals surface area contributed by atoms with Gasteiger partial charge in [-0.2, -0.15) is 0 Å². The minimum absolute atomic E-state index is 0.228. The second-order valence-corrected chi connectivity index (χ2v) is 3.11. The molecule has 3 N–H and O–H groups in total. The Bertz CT molecular complexity index is 175. The predicted octanol–water partition coefficient (Wildman–Crippen LogP) is -1.20. The van der Waals surface area contributed by atoms with E-state index in [9.17, 15) is 14.6 Å². The summed E-state index contributed by atoms with van der Waals surface area (Å²) in [5, 5.41) is 27.3. The minimum Gasteiger partial charge on any atom is -0.394 e. The van der Waals surface area contributed by atoms with Crippen LogP contribution in [0.25, 0.3) is 0 Å². The molecular formula is C8H15FO5. The molecule has 0 amide bonds. The summed E-state index contributed by atoms with van der Waals surface area (Å²) >= 11 is 0. The van der Waals surface area contributed by atoms with E-state index in [-0.39, 0.29) is 6.61 Å². The maximum absolute atomic E-state index is 13.2. The lowest BCUT2D eigenvalue weighted by Gasteiger charge is -2.38. The molecule has 84 valence electrons. The Kier molecular flexibility index (Phi) is 4.21. The number of alkyl halides is 1. The van der Waals surface area contributed by atoms with Crippen molar-refractivity contribution in [1.29, 1.82) is 0 Å². The van der Waals surface area contributed by atoms with Crippen molar-refractivity contribution in [3.05, 3.63) is 0 Å². The Morgan fingerprint density at radius 3 is 2.50 bits per heavy atom. The molecule has 0 radical (unpaired) electrons. The number of halogens is 1.